The lowest BCUT2D eigenvalue weighted by Gasteiger charge is -2.09. The second kappa shape index (κ2) is 6.81. The van der Waals surface area contributed by atoms with E-state index in [0.717, 1.165) is 18.5 Å². The van der Waals surface area contributed by atoms with Gasteiger partial charge in [0.15, 0.2) is 0 Å². The normalized spacial score (nSPS) is 11.5. The fraction of sp³-hybridized carbons (Fsp3) is 0.136. The Labute approximate surface area is 147 Å². The minimum absolute atomic E-state index is 0.161. The van der Waals surface area contributed by atoms with Crippen LogP contribution in [-0.4, -0.2) is 12.6 Å². The number of carbonyl (C=O) groups excluding carboxylic acids is 1. The zero-order valence-electron chi connectivity index (χ0n) is 14.0. The zero-order chi connectivity index (χ0) is 17.1. The summed E-state index contributed by atoms with van der Waals surface area (Å²) in [6.07, 6.45) is 1.75. The van der Waals surface area contributed by atoms with Gasteiger partial charge in [0.2, 0.25) is 0 Å². The molecule has 0 atom stereocenters. The quantitative estimate of drug-likeness (QED) is 0.564. The molecule has 3 heteroatoms. The van der Waals surface area contributed by atoms with Gasteiger partial charge in [0.25, 0.3) is 0 Å². The van der Waals surface area contributed by atoms with Crippen molar-refractivity contribution < 1.29 is 4.79 Å². The molecule has 0 spiro atoms. The summed E-state index contributed by atoms with van der Waals surface area (Å²) in [6, 6.07) is 24.6. The Balaban J connectivity index is 1.36. The number of nitrogens with one attached hydrogen (secondary N) is 2. The van der Waals surface area contributed by atoms with Gasteiger partial charge in [0.05, 0.1) is 0 Å². The second-order valence-electron chi connectivity index (χ2n) is 6.32. The molecule has 3 aromatic carbocycles. The highest BCUT2D eigenvalue weighted by atomic mass is 16.2. The molecule has 0 aliphatic heterocycles. The Morgan fingerprint density at radius 2 is 1.60 bits per heavy atom. The molecule has 1 aliphatic carbocycles. The van der Waals surface area contributed by atoms with Crippen LogP contribution >= 0.6 is 0 Å². The molecule has 3 aromatic rings. The van der Waals surface area contributed by atoms with E-state index in [9.17, 15) is 4.79 Å². The average molecular weight is 328 g/mol. The number of rotatable bonds is 4. The summed E-state index contributed by atoms with van der Waals surface area (Å²) >= 11 is 0. The number of fused-ring (bicyclic) bond motifs is 3. The molecule has 0 saturated carbocycles. The van der Waals surface area contributed by atoms with Gasteiger partial charge in [-0.25, -0.2) is 4.79 Å². The maximum atomic E-state index is 12.1. The average Bonchev–Trinajstić information content (AvgIpc) is 3.00. The van der Waals surface area contributed by atoms with Crippen LogP contribution in [0.5, 0.6) is 0 Å². The summed E-state index contributed by atoms with van der Waals surface area (Å²) in [5, 5.41) is 5.85. The van der Waals surface area contributed by atoms with E-state index in [2.05, 4.69) is 59.2 Å². The van der Waals surface area contributed by atoms with E-state index in [0.29, 0.717) is 6.54 Å². The lowest BCUT2D eigenvalue weighted by atomic mass is 10.1. The minimum Gasteiger partial charge on any atom is -0.338 e. The van der Waals surface area contributed by atoms with Gasteiger partial charge in [-0.3, -0.25) is 0 Å². The summed E-state index contributed by atoms with van der Waals surface area (Å²) in [5.74, 6) is 0. The molecule has 25 heavy (non-hydrogen) atoms. The van der Waals surface area contributed by atoms with Gasteiger partial charge < -0.3 is 10.6 Å². The van der Waals surface area contributed by atoms with Crippen molar-refractivity contribution in [3.8, 4) is 11.1 Å². The molecule has 2 amide bonds. The fourth-order valence-corrected chi connectivity index (χ4v) is 3.36. The lowest BCUT2D eigenvalue weighted by molar-refractivity contribution is 0.252. The van der Waals surface area contributed by atoms with E-state index < -0.39 is 0 Å². The predicted molar refractivity (Wildman–Crippen MR) is 102 cm³/mol. The monoisotopic (exact) mass is 328 g/mol. The first-order valence-corrected chi connectivity index (χ1v) is 8.59. The Bertz CT molecular complexity index is 903. The molecule has 0 aromatic heterocycles. The number of amides is 2. The van der Waals surface area contributed by atoms with Gasteiger partial charge in [-0.15, -0.1) is 0 Å². The van der Waals surface area contributed by atoms with Crippen LogP contribution in [0.1, 0.15) is 16.7 Å². The van der Waals surface area contributed by atoms with Gasteiger partial charge in [-0.05, 0) is 52.8 Å². The Morgan fingerprint density at radius 1 is 0.840 bits per heavy atom. The third-order valence-corrected chi connectivity index (χ3v) is 4.59. The van der Waals surface area contributed by atoms with Crippen molar-refractivity contribution in [2.24, 2.45) is 0 Å². The molecule has 0 bridgehead atoms. The highest BCUT2D eigenvalue weighted by molar-refractivity contribution is 5.90. The van der Waals surface area contributed by atoms with Crippen LogP contribution in [0.2, 0.25) is 0 Å². The second-order valence-corrected chi connectivity index (χ2v) is 6.32. The molecule has 0 heterocycles. The van der Waals surface area contributed by atoms with Crippen molar-refractivity contribution in [1.29, 1.82) is 0 Å². The molecular weight excluding hydrogens is 308 g/mol. The minimum atomic E-state index is -0.161. The van der Waals surface area contributed by atoms with Crippen molar-refractivity contribution in [2.75, 3.05) is 11.9 Å². The number of benzene rings is 3. The molecular formula is C22H20N2O. The van der Waals surface area contributed by atoms with E-state index in [1.165, 1.54) is 27.8 Å². The fourth-order valence-electron chi connectivity index (χ4n) is 3.36. The summed E-state index contributed by atoms with van der Waals surface area (Å²) in [5.41, 5.74) is 7.24. The third kappa shape index (κ3) is 3.41. The summed E-state index contributed by atoms with van der Waals surface area (Å²) < 4.78 is 0. The number of hydrogen-bond donors (Lipinski definition) is 2. The van der Waals surface area contributed by atoms with Crippen LogP contribution in [0.15, 0.2) is 72.8 Å². The van der Waals surface area contributed by atoms with E-state index in [-0.39, 0.29) is 6.03 Å². The smallest absolute Gasteiger partial charge is 0.319 e. The maximum absolute atomic E-state index is 12.1. The first-order valence-electron chi connectivity index (χ1n) is 8.59. The van der Waals surface area contributed by atoms with E-state index >= 15 is 0 Å². The van der Waals surface area contributed by atoms with Crippen molar-refractivity contribution in [3.63, 3.8) is 0 Å². The molecule has 0 fully saturated rings. The molecule has 0 saturated heterocycles. The van der Waals surface area contributed by atoms with Gasteiger partial charge in [0.1, 0.15) is 0 Å². The molecule has 2 N–H and O–H groups in total. The largest absolute Gasteiger partial charge is 0.338 e. The van der Waals surface area contributed by atoms with Gasteiger partial charge >= 0.3 is 6.03 Å². The SMILES string of the molecule is O=C(NCCc1ccccc1)Nc1ccc2c(c1)Cc1ccccc1-2. The van der Waals surface area contributed by atoms with Crippen LogP contribution in [-0.2, 0) is 12.8 Å². The first kappa shape index (κ1) is 15.5. The van der Waals surface area contributed by atoms with Crippen LogP contribution < -0.4 is 10.6 Å². The summed E-state index contributed by atoms with van der Waals surface area (Å²) in [4.78, 5) is 12.1. The number of hydrogen-bond acceptors (Lipinski definition) is 1. The van der Waals surface area contributed by atoms with Gasteiger partial charge in [-0.2, -0.15) is 0 Å². The van der Waals surface area contributed by atoms with Crippen molar-refractivity contribution in [1.82, 2.24) is 5.32 Å². The highest BCUT2D eigenvalue weighted by Crippen LogP contribution is 2.37. The van der Waals surface area contributed by atoms with E-state index in [1.807, 2.05) is 24.3 Å². The first-order chi connectivity index (χ1) is 12.3. The van der Waals surface area contributed by atoms with Crippen molar-refractivity contribution >= 4 is 11.7 Å². The zero-order valence-corrected chi connectivity index (χ0v) is 14.0. The van der Waals surface area contributed by atoms with Crippen molar-refractivity contribution in [2.45, 2.75) is 12.8 Å². The topological polar surface area (TPSA) is 41.1 Å². The summed E-state index contributed by atoms with van der Waals surface area (Å²) in [6.45, 7) is 0.617. The standard InChI is InChI=1S/C22H20N2O/c25-22(23-13-12-16-6-2-1-3-7-16)24-19-10-11-21-18(15-19)14-17-8-4-5-9-20(17)21/h1-11,15H,12-14H2,(H2,23,24,25). The predicted octanol–water partition coefficient (Wildman–Crippen LogP) is 4.62. The number of urea groups is 1. The Morgan fingerprint density at radius 3 is 2.48 bits per heavy atom. The van der Waals surface area contributed by atoms with E-state index in [1.54, 1.807) is 0 Å². The van der Waals surface area contributed by atoms with Crippen LogP contribution in [0.25, 0.3) is 11.1 Å². The van der Waals surface area contributed by atoms with E-state index in [4.69, 9.17) is 0 Å². The Hall–Kier alpha value is -3.07. The molecule has 1 aliphatic rings. The van der Waals surface area contributed by atoms with Gasteiger partial charge in [0, 0.05) is 12.2 Å². The molecule has 124 valence electrons. The number of anilines is 1. The molecule has 0 radical (unpaired) electrons. The van der Waals surface area contributed by atoms with Crippen LogP contribution in [0.3, 0.4) is 0 Å². The number of carbonyl (C=O) groups is 1. The molecule has 0 unspecified atom stereocenters. The summed E-state index contributed by atoms with van der Waals surface area (Å²) in [7, 11) is 0. The molecule has 4 rings (SSSR count). The van der Waals surface area contributed by atoms with Gasteiger partial charge in [-0.1, -0.05) is 60.7 Å². The van der Waals surface area contributed by atoms with Crippen LogP contribution in [0, 0.1) is 0 Å². The molecule has 3 nitrogen and oxygen atoms in total. The highest BCUT2D eigenvalue weighted by Gasteiger charge is 2.18. The lowest BCUT2D eigenvalue weighted by Crippen LogP contribution is -2.30. The third-order valence-electron chi connectivity index (χ3n) is 4.59. The van der Waals surface area contributed by atoms with Crippen LogP contribution in [0.4, 0.5) is 10.5 Å². The Kier molecular flexibility index (Phi) is 4.21. The maximum Gasteiger partial charge on any atom is 0.319 e. The van der Waals surface area contributed by atoms with Crippen molar-refractivity contribution in [3.05, 3.63) is 89.5 Å².